The van der Waals surface area contributed by atoms with Gasteiger partial charge in [0.25, 0.3) is 0 Å². The molecule has 192 valence electrons. The van der Waals surface area contributed by atoms with Crippen molar-refractivity contribution in [1.29, 1.82) is 0 Å². The van der Waals surface area contributed by atoms with E-state index in [1.165, 1.54) is 11.1 Å². The van der Waals surface area contributed by atoms with Crippen LogP contribution in [0, 0.1) is 44.3 Å². The normalized spacial score (nSPS) is 54.1. The van der Waals surface area contributed by atoms with E-state index in [1.54, 1.807) is 0 Å². The summed E-state index contributed by atoms with van der Waals surface area (Å²) in [5.41, 5.74) is 1.89. The van der Waals surface area contributed by atoms with Gasteiger partial charge in [-0.05, 0) is 90.4 Å². The Hall–Kier alpha value is -0.680. The van der Waals surface area contributed by atoms with Crippen molar-refractivity contribution >= 4 is 0 Å². The monoisotopic (exact) mass is 472 g/mol. The first-order valence-electron chi connectivity index (χ1n) is 13.7. The maximum atomic E-state index is 11.3. The van der Waals surface area contributed by atoms with E-state index in [4.69, 9.17) is 0 Å². The molecule has 4 nitrogen and oxygen atoms in total. The summed E-state index contributed by atoms with van der Waals surface area (Å²) in [6, 6.07) is 0. The summed E-state index contributed by atoms with van der Waals surface area (Å²) in [6.07, 6.45) is 11.3. The highest BCUT2D eigenvalue weighted by Gasteiger charge is 2.67. The molecule has 0 heterocycles. The van der Waals surface area contributed by atoms with Crippen LogP contribution in [0.4, 0.5) is 0 Å². The molecule has 3 saturated carbocycles. The largest absolute Gasteiger partial charge is 0.396 e. The molecule has 5 aliphatic rings. The predicted octanol–water partition coefficient (Wildman–Crippen LogP) is 5.00. The van der Waals surface area contributed by atoms with E-state index in [2.05, 4.69) is 53.7 Å². The minimum Gasteiger partial charge on any atom is -0.396 e. The van der Waals surface area contributed by atoms with Crippen LogP contribution in [0.3, 0.4) is 0 Å². The van der Waals surface area contributed by atoms with Crippen LogP contribution in [-0.2, 0) is 0 Å². The standard InChI is InChI=1S/C30H48O4/c1-25(2)15-20-19-7-8-22-26(3)11-10-23(33)27(4,17-31)21(26)9-12-29(22,6)28(19,5)13-14-30(20,18-32)24(34)16-25/h7-8,21-24,31-34H,9-18H2,1-6H3. The Morgan fingerprint density at radius 3 is 2.21 bits per heavy atom. The van der Waals surface area contributed by atoms with Gasteiger partial charge in [-0.1, -0.05) is 59.3 Å². The molecule has 0 bridgehead atoms. The molecule has 5 aliphatic carbocycles. The number of rotatable bonds is 2. The molecule has 0 aromatic carbocycles. The molecule has 4 N–H and O–H groups in total. The van der Waals surface area contributed by atoms with E-state index in [-0.39, 0.29) is 34.9 Å². The molecule has 9 atom stereocenters. The minimum atomic E-state index is -0.497. The average molecular weight is 473 g/mol. The van der Waals surface area contributed by atoms with Crippen molar-refractivity contribution in [3.8, 4) is 0 Å². The molecule has 0 aromatic heterocycles. The third kappa shape index (κ3) is 2.86. The van der Waals surface area contributed by atoms with Crippen LogP contribution in [-0.4, -0.2) is 45.8 Å². The Bertz CT molecular complexity index is 921. The van der Waals surface area contributed by atoms with E-state index < -0.39 is 23.0 Å². The fourth-order valence-corrected chi connectivity index (χ4v) is 10.2. The van der Waals surface area contributed by atoms with Crippen molar-refractivity contribution in [2.75, 3.05) is 13.2 Å². The summed E-state index contributed by atoms with van der Waals surface area (Å²) >= 11 is 0. The number of aliphatic hydroxyl groups excluding tert-OH is 4. The highest BCUT2D eigenvalue weighted by molar-refractivity contribution is 5.46. The van der Waals surface area contributed by atoms with Gasteiger partial charge in [-0.3, -0.25) is 0 Å². The molecule has 34 heavy (non-hydrogen) atoms. The average Bonchev–Trinajstić information content (AvgIpc) is 2.76. The predicted molar refractivity (Wildman–Crippen MR) is 135 cm³/mol. The Kier molecular flexibility index (Phi) is 5.46. The highest BCUT2D eigenvalue weighted by atomic mass is 16.3. The third-order valence-electron chi connectivity index (χ3n) is 12.6. The summed E-state index contributed by atoms with van der Waals surface area (Å²) in [5, 5.41) is 43.2. The molecule has 4 heteroatoms. The van der Waals surface area contributed by atoms with E-state index >= 15 is 0 Å². The van der Waals surface area contributed by atoms with Gasteiger partial charge in [0.15, 0.2) is 0 Å². The zero-order chi connectivity index (χ0) is 24.9. The smallest absolute Gasteiger partial charge is 0.0661 e. The van der Waals surface area contributed by atoms with Gasteiger partial charge in [-0.15, -0.1) is 0 Å². The fraction of sp³-hybridized carbons (Fsp3) is 0.867. The number of hydrogen-bond donors (Lipinski definition) is 4. The SMILES string of the molecule is CC1(C)CC2=C3C=CC4C5(C)CCC(O)C(C)(CO)C5CCC4(C)C3(C)CCC2(CO)C(O)C1. The lowest BCUT2D eigenvalue weighted by molar-refractivity contribution is -0.199. The molecular formula is C30H48O4. The molecule has 0 radical (unpaired) electrons. The van der Waals surface area contributed by atoms with Crippen LogP contribution < -0.4 is 0 Å². The molecular weight excluding hydrogens is 424 g/mol. The quantitative estimate of drug-likeness (QED) is 0.456. The number of fused-ring (bicyclic) bond motifs is 6. The molecule has 0 aliphatic heterocycles. The number of hydrogen-bond acceptors (Lipinski definition) is 4. The van der Waals surface area contributed by atoms with Crippen molar-refractivity contribution in [3.05, 3.63) is 23.3 Å². The van der Waals surface area contributed by atoms with Crippen LogP contribution in [0.2, 0.25) is 0 Å². The van der Waals surface area contributed by atoms with Gasteiger partial charge < -0.3 is 20.4 Å². The first-order valence-corrected chi connectivity index (χ1v) is 13.7. The van der Waals surface area contributed by atoms with E-state index in [0.717, 1.165) is 51.4 Å². The second-order valence-corrected chi connectivity index (χ2v) is 14.7. The van der Waals surface area contributed by atoms with E-state index in [0.29, 0.717) is 11.8 Å². The second-order valence-electron chi connectivity index (χ2n) is 14.7. The minimum absolute atomic E-state index is 0.00673. The molecule has 0 aromatic rings. The van der Waals surface area contributed by atoms with Crippen molar-refractivity contribution < 1.29 is 20.4 Å². The van der Waals surface area contributed by atoms with Gasteiger partial charge in [-0.25, -0.2) is 0 Å². The van der Waals surface area contributed by atoms with Crippen molar-refractivity contribution in [2.24, 2.45) is 44.3 Å². The van der Waals surface area contributed by atoms with Gasteiger partial charge in [0.2, 0.25) is 0 Å². The molecule has 9 unspecified atom stereocenters. The van der Waals surface area contributed by atoms with Crippen LogP contribution in [0.5, 0.6) is 0 Å². The van der Waals surface area contributed by atoms with Crippen LogP contribution in [0.25, 0.3) is 0 Å². The van der Waals surface area contributed by atoms with Crippen LogP contribution >= 0.6 is 0 Å². The lowest BCUT2D eigenvalue weighted by Crippen LogP contribution is -2.64. The van der Waals surface area contributed by atoms with Crippen molar-refractivity contribution in [3.63, 3.8) is 0 Å². The first-order chi connectivity index (χ1) is 15.7. The second kappa shape index (κ2) is 7.43. The molecule has 0 saturated heterocycles. The number of allylic oxidation sites excluding steroid dienone is 3. The Labute approximate surface area is 206 Å². The molecule has 0 amide bonds. The van der Waals surface area contributed by atoms with Crippen LogP contribution in [0.15, 0.2) is 23.3 Å². The maximum absolute atomic E-state index is 11.3. The lowest BCUT2D eigenvalue weighted by atomic mass is 9.35. The van der Waals surface area contributed by atoms with Gasteiger partial charge >= 0.3 is 0 Å². The number of aliphatic hydroxyl groups is 4. The molecule has 3 fully saturated rings. The summed E-state index contributed by atoms with van der Waals surface area (Å²) in [7, 11) is 0. The van der Waals surface area contributed by atoms with Crippen LogP contribution in [0.1, 0.15) is 92.9 Å². The Balaban J connectivity index is 1.67. The van der Waals surface area contributed by atoms with E-state index in [9.17, 15) is 20.4 Å². The van der Waals surface area contributed by atoms with Crippen molar-refractivity contribution in [2.45, 2.75) is 105 Å². The zero-order valence-corrected chi connectivity index (χ0v) is 22.3. The molecule has 5 rings (SSSR count). The fourth-order valence-electron chi connectivity index (χ4n) is 10.2. The Morgan fingerprint density at radius 2 is 1.56 bits per heavy atom. The Morgan fingerprint density at radius 1 is 0.853 bits per heavy atom. The maximum Gasteiger partial charge on any atom is 0.0661 e. The lowest BCUT2D eigenvalue weighted by Gasteiger charge is -2.69. The molecule has 0 spiro atoms. The van der Waals surface area contributed by atoms with Crippen molar-refractivity contribution in [1.82, 2.24) is 0 Å². The van der Waals surface area contributed by atoms with E-state index in [1.807, 2.05) is 0 Å². The third-order valence-corrected chi connectivity index (χ3v) is 12.6. The van der Waals surface area contributed by atoms with Gasteiger partial charge in [0.1, 0.15) is 0 Å². The first kappa shape index (κ1) is 25.0. The van der Waals surface area contributed by atoms with Gasteiger partial charge in [0, 0.05) is 10.8 Å². The summed E-state index contributed by atoms with van der Waals surface area (Å²) in [6.45, 7) is 14.1. The zero-order valence-electron chi connectivity index (χ0n) is 22.3. The van der Waals surface area contributed by atoms with Gasteiger partial charge in [-0.2, -0.15) is 0 Å². The summed E-state index contributed by atoms with van der Waals surface area (Å²) in [4.78, 5) is 0. The topological polar surface area (TPSA) is 80.9 Å². The summed E-state index contributed by atoms with van der Waals surface area (Å²) < 4.78 is 0. The highest BCUT2D eigenvalue weighted by Crippen LogP contribution is 2.74. The van der Waals surface area contributed by atoms with Gasteiger partial charge in [0.05, 0.1) is 25.4 Å². The summed E-state index contributed by atoms with van der Waals surface area (Å²) in [5.74, 6) is 0.680.